The number of carbonyl (C=O) groups is 1. The molecular formula is C26H23N5O. The highest BCUT2D eigenvalue weighted by Gasteiger charge is 2.13. The number of amides is 1. The molecule has 0 atom stereocenters. The number of anilines is 3. The number of aromatic nitrogens is 1. The van der Waals surface area contributed by atoms with Crippen LogP contribution in [0, 0.1) is 23.7 Å². The highest BCUT2D eigenvalue weighted by Crippen LogP contribution is 2.31. The van der Waals surface area contributed by atoms with Gasteiger partial charge in [-0.25, -0.2) is 0 Å². The molecule has 2 aromatic carbocycles. The van der Waals surface area contributed by atoms with Crippen molar-refractivity contribution in [2.75, 3.05) is 30.8 Å². The summed E-state index contributed by atoms with van der Waals surface area (Å²) < 4.78 is 0. The van der Waals surface area contributed by atoms with E-state index in [0.29, 0.717) is 22.5 Å². The fourth-order valence-electron chi connectivity index (χ4n) is 3.73. The number of terminal acetylenes is 1. The molecule has 0 unspecified atom stereocenters. The van der Waals surface area contributed by atoms with E-state index in [4.69, 9.17) is 6.42 Å². The van der Waals surface area contributed by atoms with E-state index in [0.717, 1.165) is 48.1 Å². The van der Waals surface area contributed by atoms with Crippen LogP contribution in [0.2, 0.25) is 0 Å². The topological polar surface area (TPSA) is 81.0 Å². The van der Waals surface area contributed by atoms with Crippen molar-refractivity contribution >= 4 is 33.9 Å². The second-order valence-electron chi connectivity index (χ2n) is 7.84. The van der Waals surface area contributed by atoms with E-state index in [1.807, 2.05) is 42.5 Å². The van der Waals surface area contributed by atoms with E-state index in [-0.39, 0.29) is 5.91 Å². The van der Waals surface area contributed by atoms with Crippen molar-refractivity contribution in [3.63, 3.8) is 0 Å². The number of carbonyl (C=O) groups excluding carboxylic acids is 1. The molecule has 1 aromatic heterocycles. The number of nitrogens with zero attached hydrogens (tertiary/aromatic N) is 3. The molecule has 1 aliphatic rings. The zero-order valence-electron chi connectivity index (χ0n) is 17.9. The molecule has 2 N–H and O–H groups in total. The minimum Gasteiger partial charge on any atom is -0.354 e. The first kappa shape index (κ1) is 21.1. The van der Waals surface area contributed by atoms with Gasteiger partial charge in [0.05, 0.1) is 16.8 Å². The van der Waals surface area contributed by atoms with Gasteiger partial charge in [0, 0.05) is 47.7 Å². The summed E-state index contributed by atoms with van der Waals surface area (Å²) in [6, 6.07) is 15.1. The standard InChI is InChI=1S/C26H23N5O/c1-3-18-5-4-6-21(13-18)30-26-20(16-27)17-28-24-8-7-22(15-23(24)26)29-25(32)14-19-9-11-31(2)12-10-19/h1,4-8,13-15,17H,9-12H2,2H3,(H,28,30)(H,29,32). The predicted molar refractivity (Wildman–Crippen MR) is 128 cm³/mol. The number of hydrogen-bond acceptors (Lipinski definition) is 5. The molecule has 0 radical (unpaired) electrons. The van der Waals surface area contributed by atoms with Gasteiger partial charge in [0.25, 0.3) is 0 Å². The van der Waals surface area contributed by atoms with Crippen LogP contribution in [0.4, 0.5) is 17.1 Å². The summed E-state index contributed by atoms with van der Waals surface area (Å²) in [7, 11) is 2.09. The lowest BCUT2D eigenvalue weighted by atomic mass is 10.0. The molecule has 1 aliphatic heterocycles. The van der Waals surface area contributed by atoms with E-state index in [1.54, 1.807) is 12.3 Å². The van der Waals surface area contributed by atoms with E-state index in [2.05, 4.69) is 39.6 Å². The molecule has 3 aromatic rings. The first-order valence-electron chi connectivity index (χ1n) is 10.4. The van der Waals surface area contributed by atoms with Gasteiger partial charge in [0.15, 0.2) is 0 Å². The Balaban J connectivity index is 1.64. The van der Waals surface area contributed by atoms with Crippen molar-refractivity contribution in [1.82, 2.24) is 9.88 Å². The number of pyridine rings is 1. The van der Waals surface area contributed by atoms with E-state index >= 15 is 0 Å². The molecular weight excluding hydrogens is 398 g/mol. The van der Waals surface area contributed by atoms with Crippen LogP contribution in [0.1, 0.15) is 24.0 Å². The number of likely N-dealkylation sites (tertiary alicyclic amines) is 1. The van der Waals surface area contributed by atoms with Gasteiger partial charge in [0.2, 0.25) is 5.91 Å². The Labute approximate surface area is 187 Å². The summed E-state index contributed by atoms with van der Waals surface area (Å²) in [5.74, 6) is 2.46. The molecule has 0 saturated carbocycles. The number of nitrogens with one attached hydrogen (secondary N) is 2. The number of rotatable bonds is 4. The zero-order chi connectivity index (χ0) is 22.5. The van der Waals surface area contributed by atoms with Crippen molar-refractivity contribution in [3.8, 4) is 18.4 Å². The van der Waals surface area contributed by atoms with Crippen LogP contribution in [0.15, 0.2) is 60.3 Å². The van der Waals surface area contributed by atoms with Gasteiger partial charge in [-0.3, -0.25) is 9.78 Å². The highest BCUT2D eigenvalue weighted by molar-refractivity contribution is 6.03. The molecule has 1 fully saturated rings. The van der Waals surface area contributed by atoms with Crippen molar-refractivity contribution in [3.05, 3.63) is 71.4 Å². The first-order valence-corrected chi connectivity index (χ1v) is 10.4. The van der Waals surface area contributed by atoms with Crippen LogP contribution in [-0.4, -0.2) is 35.9 Å². The number of fused-ring (bicyclic) bond motifs is 1. The Morgan fingerprint density at radius 1 is 1.19 bits per heavy atom. The molecule has 6 heteroatoms. The van der Waals surface area contributed by atoms with Crippen LogP contribution in [0.3, 0.4) is 0 Å². The monoisotopic (exact) mass is 421 g/mol. The molecule has 0 spiro atoms. The lowest BCUT2D eigenvalue weighted by Crippen LogP contribution is -2.26. The lowest BCUT2D eigenvalue weighted by Gasteiger charge is -2.23. The molecule has 158 valence electrons. The smallest absolute Gasteiger partial charge is 0.248 e. The van der Waals surface area contributed by atoms with Crippen molar-refractivity contribution in [2.45, 2.75) is 12.8 Å². The average molecular weight is 422 g/mol. The Bertz CT molecular complexity index is 1290. The maximum Gasteiger partial charge on any atom is 0.248 e. The van der Waals surface area contributed by atoms with Gasteiger partial charge in [0.1, 0.15) is 6.07 Å². The summed E-state index contributed by atoms with van der Waals surface area (Å²) in [6.07, 6.45) is 10.6. The Kier molecular flexibility index (Phi) is 6.17. The number of piperidine rings is 1. The highest BCUT2D eigenvalue weighted by atomic mass is 16.1. The van der Waals surface area contributed by atoms with Crippen molar-refractivity contribution < 1.29 is 4.79 Å². The molecule has 32 heavy (non-hydrogen) atoms. The third-order valence-electron chi connectivity index (χ3n) is 5.52. The van der Waals surface area contributed by atoms with Crippen molar-refractivity contribution in [1.29, 1.82) is 5.26 Å². The zero-order valence-corrected chi connectivity index (χ0v) is 17.9. The van der Waals surface area contributed by atoms with Crippen LogP contribution in [-0.2, 0) is 4.79 Å². The van der Waals surface area contributed by atoms with Crippen LogP contribution < -0.4 is 10.6 Å². The van der Waals surface area contributed by atoms with E-state index in [1.165, 1.54) is 0 Å². The van der Waals surface area contributed by atoms with Gasteiger partial charge < -0.3 is 15.5 Å². The fourth-order valence-corrected chi connectivity index (χ4v) is 3.73. The predicted octanol–water partition coefficient (Wildman–Crippen LogP) is 4.42. The van der Waals surface area contributed by atoms with Crippen molar-refractivity contribution in [2.24, 2.45) is 0 Å². The molecule has 0 bridgehead atoms. The second-order valence-corrected chi connectivity index (χ2v) is 7.84. The normalized spacial score (nSPS) is 13.8. The quantitative estimate of drug-likeness (QED) is 0.481. The Morgan fingerprint density at radius 2 is 2.00 bits per heavy atom. The summed E-state index contributed by atoms with van der Waals surface area (Å²) in [5.41, 5.74) is 5.05. The maximum atomic E-state index is 12.6. The second kappa shape index (κ2) is 9.34. The number of benzene rings is 2. The number of hydrogen-bond donors (Lipinski definition) is 2. The van der Waals surface area contributed by atoms with Gasteiger partial charge in [-0.1, -0.05) is 17.6 Å². The lowest BCUT2D eigenvalue weighted by molar-refractivity contribution is -0.112. The third-order valence-corrected chi connectivity index (χ3v) is 5.52. The van der Waals surface area contributed by atoms with Crippen LogP contribution in [0.25, 0.3) is 10.9 Å². The third kappa shape index (κ3) is 4.78. The van der Waals surface area contributed by atoms with Crippen LogP contribution >= 0.6 is 0 Å². The molecule has 1 amide bonds. The molecule has 1 saturated heterocycles. The summed E-state index contributed by atoms with van der Waals surface area (Å²) in [6.45, 7) is 1.93. The minimum atomic E-state index is -0.149. The Hall–Kier alpha value is -4.13. The van der Waals surface area contributed by atoms with Gasteiger partial charge in [-0.2, -0.15) is 5.26 Å². The largest absolute Gasteiger partial charge is 0.354 e. The first-order chi connectivity index (χ1) is 15.6. The average Bonchev–Trinajstić information content (AvgIpc) is 2.81. The fraction of sp³-hybridized carbons (Fsp3) is 0.192. The number of nitriles is 1. The minimum absolute atomic E-state index is 0.149. The van der Waals surface area contributed by atoms with Gasteiger partial charge in [-0.15, -0.1) is 6.42 Å². The molecule has 2 heterocycles. The maximum absolute atomic E-state index is 12.6. The summed E-state index contributed by atoms with van der Waals surface area (Å²) in [5, 5.41) is 16.6. The SMILES string of the molecule is C#Cc1cccc(Nc2c(C#N)cnc3ccc(NC(=O)C=C4CCN(C)CC4)cc23)c1. The van der Waals surface area contributed by atoms with E-state index < -0.39 is 0 Å². The van der Waals surface area contributed by atoms with Crippen LogP contribution in [0.5, 0.6) is 0 Å². The Morgan fingerprint density at radius 3 is 2.75 bits per heavy atom. The van der Waals surface area contributed by atoms with E-state index in [9.17, 15) is 10.1 Å². The summed E-state index contributed by atoms with van der Waals surface area (Å²) >= 11 is 0. The molecule has 4 rings (SSSR count). The van der Waals surface area contributed by atoms with Gasteiger partial charge >= 0.3 is 0 Å². The van der Waals surface area contributed by atoms with Gasteiger partial charge in [-0.05, 0) is 56.3 Å². The molecule has 6 nitrogen and oxygen atoms in total. The molecule has 0 aliphatic carbocycles. The summed E-state index contributed by atoms with van der Waals surface area (Å²) in [4.78, 5) is 19.2.